The summed E-state index contributed by atoms with van der Waals surface area (Å²) in [5.41, 5.74) is 0. The van der Waals surface area contributed by atoms with Crippen molar-refractivity contribution in [1.82, 2.24) is 5.32 Å². The van der Waals surface area contributed by atoms with Crippen molar-refractivity contribution in [2.45, 2.75) is 72.3 Å². The molecule has 124 valence electrons. The minimum atomic E-state index is -0.625. The number of nitrogens with one attached hydrogen (secondary N) is 1. The first-order valence-corrected chi connectivity index (χ1v) is 8.11. The summed E-state index contributed by atoms with van der Waals surface area (Å²) in [5, 5.41) is 2.60. The van der Waals surface area contributed by atoms with Gasteiger partial charge in [0.25, 0.3) is 0 Å². The standard InChI is InChI=1S/C16H31NO4/c1-5-7-8-9-11-20-15(18)14(12-13(3)4)17-16(19)21-10-6-2/h13-14H,5-12H2,1-4H3,(H,17,19). The summed E-state index contributed by atoms with van der Waals surface area (Å²) in [6.07, 6.45) is 4.98. The molecule has 0 aromatic carbocycles. The molecule has 1 unspecified atom stereocenters. The number of carbonyl (C=O) groups excluding carboxylic acids is 2. The SMILES string of the molecule is CCCCCCOC(=O)C(CC(C)C)NC(=O)OCCC. The van der Waals surface area contributed by atoms with Crippen molar-refractivity contribution < 1.29 is 19.1 Å². The van der Waals surface area contributed by atoms with Crippen LogP contribution < -0.4 is 5.32 Å². The fourth-order valence-corrected chi connectivity index (χ4v) is 1.87. The van der Waals surface area contributed by atoms with Crippen LogP contribution in [0.25, 0.3) is 0 Å². The highest BCUT2D eigenvalue weighted by atomic mass is 16.6. The molecule has 1 atom stereocenters. The van der Waals surface area contributed by atoms with E-state index in [4.69, 9.17) is 9.47 Å². The summed E-state index contributed by atoms with van der Waals surface area (Å²) in [4.78, 5) is 23.6. The topological polar surface area (TPSA) is 64.6 Å². The van der Waals surface area contributed by atoms with E-state index in [1.54, 1.807) is 0 Å². The number of carbonyl (C=O) groups is 2. The molecule has 0 aromatic heterocycles. The maximum atomic E-state index is 12.0. The highest BCUT2D eigenvalue weighted by molar-refractivity contribution is 5.81. The number of ether oxygens (including phenoxy) is 2. The largest absolute Gasteiger partial charge is 0.464 e. The van der Waals surface area contributed by atoms with Crippen molar-refractivity contribution in [1.29, 1.82) is 0 Å². The molecule has 5 heteroatoms. The minimum Gasteiger partial charge on any atom is -0.464 e. The summed E-state index contributed by atoms with van der Waals surface area (Å²) in [7, 11) is 0. The molecular formula is C16H31NO4. The van der Waals surface area contributed by atoms with Gasteiger partial charge >= 0.3 is 12.1 Å². The Morgan fingerprint density at radius 3 is 2.24 bits per heavy atom. The molecule has 0 aliphatic carbocycles. The Labute approximate surface area is 128 Å². The quantitative estimate of drug-likeness (QED) is 0.467. The van der Waals surface area contributed by atoms with Gasteiger partial charge in [0.2, 0.25) is 0 Å². The lowest BCUT2D eigenvalue weighted by atomic mass is 10.0. The van der Waals surface area contributed by atoms with Gasteiger partial charge in [-0.2, -0.15) is 0 Å². The lowest BCUT2D eigenvalue weighted by Gasteiger charge is -2.19. The molecule has 0 saturated carbocycles. The van der Waals surface area contributed by atoms with E-state index in [-0.39, 0.29) is 11.9 Å². The van der Waals surface area contributed by atoms with Crippen molar-refractivity contribution in [3.05, 3.63) is 0 Å². The Morgan fingerprint density at radius 1 is 0.952 bits per heavy atom. The molecule has 21 heavy (non-hydrogen) atoms. The van der Waals surface area contributed by atoms with Crippen LogP contribution in [0, 0.1) is 5.92 Å². The predicted octanol–water partition coefficient (Wildman–Crippen LogP) is 3.66. The van der Waals surface area contributed by atoms with Gasteiger partial charge in [-0.1, -0.05) is 47.0 Å². The lowest BCUT2D eigenvalue weighted by Crippen LogP contribution is -2.43. The van der Waals surface area contributed by atoms with Crippen molar-refractivity contribution >= 4 is 12.1 Å². The molecule has 0 aliphatic rings. The van der Waals surface area contributed by atoms with Crippen LogP contribution in [-0.4, -0.2) is 31.3 Å². The monoisotopic (exact) mass is 301 g/mol. The highest BCUT2D eigenvalue weighted by Crippen LogP contribution is 2.08. The van der Waals surface area contributed by atoms with Crippen molar-refractivity contribution in [2.24, 2.45) is 5.92 Å². The molecule has 0 saturated heterocycles. The lowest BCUT2D eigenvalue weighted by molar-refractivity contribution is -0.146. The maximum absolute atomic E-state index is 12.0. The average Bonchev–Trinajstić information content (AvgIpc) is 2.43. The van der Waals surface area contributed by atoms with Crippen molar-refractivity contribution in [2.75, 3.05) is 13.2 Å². The van der Waals surface area contributed by atoms with Crippen molar-refractivity contribution in [3.8, 4) is 0 Å². The molecule has 0 radical (unpaired) electrons. The average molecular weight is 301 g/mol. The van der Waals surface area contributed by atoms with Crippen LogP contribution in [0.3, 0.4) is 0 Å². The van der Waals surface area contributed by atoms with Gasteiger partial charge in [-0.25, -0.2) is 9.59 Å². The fourth-order valence-electron chi connectivity index (χ4n) is 1.87. The number of alkyl carbamates (subject to hydrolysis) is 1. The van der Waals surface area contributed by atoms with Crippen LogP contribution in [-0.2, 0) is 14.3 Å². The number of amides is 1. The molecule has 0 heterocycles. The Morgan fingerprint density at radius 2 is 1.67 bits per heavy atom. The number of hydrogen-bond acceptors (Lipinski definition) is 4. The van der Waals surface area contributed by atoms with Gasteiger partial charge in [-0.15, -0.1) is 0 Å². The summed E-state index contributed by atoms with van der Waals surface area (Å²) >= 11 is 0. The molecular weight excluding hydrogens is 270 g/mol. The van der Waals surface area contributed by atoms with E-state index in [1.807, 2.05) is 20.8 Å². The summed E-state index contributed by atoms with van der Waals surface area (Å²) in [5.74, 6) is -0.0808. The summed E-state index contributed by atoms with van der Waals surface area (Å²) in [6.45, 7) is 8.83. The Kier molecular flexibility index (Phi) is 11.7. The Bertz CT molecular complexity index is 292. The second-order valence-electron chi connectivity index (χ2n) is 5.69. The van der Waals surface area contributed by atoms with Gasteiger partial charge in [0.15, 0.2) is 0 Å². The fraction of sp³-hybridized carbons (Fsp3) is 0.875. The third-order valence-electron chi connectivity index (χ3n) is 2.96. The first kappa shape index (κ1) is 19.7. The molecule has 1 amide bonds. The Hall–Kier alpha value is -1.26. The van der Waals surface area contributed by atoms with E-state index in [1.165, 1.54) is 0 Å². The zero-order valence-electron chi connectivity index (χ0n) is 13.9. The summed E-state index contributed by atoms with van der Waals surface area (Å²) < 4.78 is 10.2. The van der Waals surface area contributed by atoms with Gasteiger partial charge in [0.1, 0.15) is 6.04 Å². The number of unbranched alkanes of at least 4 members (excludes halogenated alkanes) is 3. The third kappa shape index (κ3) is 11.1. The number of rotatable bonds is 11. The van der Waals surface area contributed by atoms with Gasteiger partial charge in [-0.3, -0.25) is 0 Å². The van der Waals surface area contributed by atoms with E-state index < -0.39 is 12.1 Å². The zero-order chi connectivity index (χ0) is 16.1. The smallest absolute Gasteiger partial charge is 0.407 e. The van der Waals surface area contributed by atoms with Crippen LogP contribution >= 0.6 is 0 Å². The van der Waals surface area contributed by atoms with Crippen LogP contribution in [0.1, 0.15) is 66.2 Å². The van der Waals surface area contributed by atoms with E-state index in [0.717, 1.165) is 32.1 Å². The van der Waals surface area contributed by atoms with Crippen molar-refractivity contribution in [3.63, 3.8) is 0 Å². The second kappa shape index (κ2) is 12.5. The van der Waals surface area contributed by atoms with E-state index in [0.29, 0.717) is 19.6 Å². The summed E-state index contributed by atoms with van der Waals surface area (Å²) in [6, 6.07) is -0.625. The van der Waals surface area contributed by atoms with Crippen LogP contribution in [0.4, 0.5) is 4.79 Å². The molecule has 0 aliphatic heterocycles. The first-order chi connectivity index (χ1) is 10.0. The van der Waals surface area contributed by atoms with Crippen LogP contribution in [0.2, 0.25) is 0 Å². The van der Waals surface area contributed by atoms with Crippen LogP contribution in [0.5, 0.6) is 0 Å². The molecule has 0 bridgehead atoms. The Balaban J connectivity index is 4.19. The van der Waals surface area contributed by atoms with Gasteiger partial charge in [0, 0.05) is 0 Å². The molecule has 1 N–H and O–H groups in total. The van der Waals surface area contributed by atoms with Gasteiger partial charge in [0.05, 0.1) is 13.2 Å². The third-order valence-corrected chi connectivity index (χ3v) is 2.96. The second-order valence-corrected chi connectivity index (χ2v) is 5.69. The highest BCUT2D eigenvalue weighted by Gasteiger charge is 2.23. The van der Waals surface area contributed by atoms with Crippen LogP contribution in [0.15, 0.2) is 0 Å². The molecule has 5 nitrogen and oxygen atoms in total. The van der Waals surface area contributed by atoms with E-state index >= 15 is 0 Å². The number of esters is 1. The zero-order valence-corrected chi connectivity index (χ0v) is 13.9. The van der Waals surface area contributed by atoms with E-state index in [9.17, 15) is 9.59 Å². The molecule has 0 aromatic rings. The molecule has 0 rings (SSSR count). The minimum absolute atomic E-state index is 0.286. The molecule has 0 spiro atoms. The van der Waals surface area contributed by atoms with E-state index in [2.05, 4.69) is 12.2 Å². The van der Waals surface area contributed by atoms with Gasteiger partial charge < -0.3 is 14.8 Å². The number of hydrogen-bond donors (Lipinski definition) is 1. The normalized spacial score (nSPS) is 12.0. The molecule has 0 fully saturated rings. The predicted molar refractivity (Wildman–Crippen MR) is 83.1 cm³/mol. The first-order valence-electron chi connectivity index (χ1n) is 8.11. The maximum Gasteiger partial charge on any atom is 0.407 e. The van der Waals surface area contributed by atoms with Gasteiger partial charge in [-0.05, 0) is 25.2 Å².